The molecule has 4 aromatic rings. The number of aliphatic hydroxyl groups excluding tert-OH is 2. The van der Waals surface area contributed by atoms with E-state index in [1.807, 2.05) is 50.2 Å². The molecule has 3 aromatic heterocycles. The van der Waals surface area contributed by atoms with E-state index in [0.717, 1.165) is 21.5 Å². The summed E-state index contributed by atoms with van der Waals surface area (Å²) in [5.41, 5.74) is 2.24. The van der Waals surface area contributed by atoms with Crippen molar-refractivity contribution >= 4 is 33.3 Å². The van der Waals surface area contributed by atoms with Gasteiger partial charge in [0, 0.05) is 25.8 Å². The van der Waals surface area contributed by atoms with Gasteiger partial charge in [0.05, 0.1) is 34.3 Å². The number of thiazole rings is 1. The average molecular weight is 537 g/mol. The molecule has 200 valence electrons. The molecule has 1 aliphatic rings. The number of aliphatic hydroxyl groups is 3. The Balaban J connectivity index is 1.59. The van der Waals surface area contributed by atoms with Crippen molar-refractivity contribution in [2.45, 2.75) is 44.6 Å². The fraction of sp³-hybridized carbons (Fsp3) is 0.407. The van der Waals surface area contributed by atoms with Gasteiger partial charge in [-0.1, -0.05) is 30.3 Å². The number of aryl methyl sites for hydroxylation is 2. The van der Waals surface area contributed by atoms with Crippen LogP contribution in [0.1, 0.15) is 35.8 Å². The minimum absolute atomic E-state index is 0.214. The number of nitrogens with one attached hydrogen (secondary N) is 2. The third kappa shape index (κ3) is 5.07. The van der Waals surface area contributed by atoms with Crippen molar-refractivity contribution in [1.29, 1.82) is 0 Å². The Morgan fingerprint density at radius 1 is 1.13 bits per heavy atom. The molecule has 1 saturated carbocycles. The van der Waals surface area contributed by atoms with Crippen molar-refractivity contribution in [1.82, 2.24) is 19.9 Å². The number of benzene rings is 1. The molecule has 1 fully saturated rings. The summed E-state index contributed by atoms with van der Waals surface area (Å²) in [7, 11) is 1.64. The Morgan fingerprint density at radius 3 is 2.61 bits per heavy atom. The van der Waals surface area contributed by atoms with Crippen LogP contribution in [0.5, 0.6) is 0 Å². The van der Waals surface area contributed by atoms with Crippen LogP contribution < -0.4 is 10.6 Å². The van der Waals surface area contributed by atoms with E-state index in [0.29, 0.717) is 41.1 Å². The molecular weight excluding hydrogens is 504 g/mol. The first-order valence-corrected chi connectivity index (χ1v) is 13.4. The molecule has 1 aliphatic carbocycles. The standard InChI is InChI=1S/C27H32N6O4S/c1-15-21(25-31-22-16(2)28-12-10-20(22)38-25)24(33-27(36)11-9-18(13-34)23(27)35)32-26(29-15)30-19(14-37-3)17-7-5-4-6-8-17/h4-8,10,12,18-19,23,34-36H,9,11,13-14H2,1-3H3,(H2,29,30,32,33). The van der Waals surface area contributed by atoms with E-state index in [-0.39, 0.29) is 19.1 Å². The molecule has 3 heterocycles. The van der Waals surface area contributed by atoms with Gasteiger partial charge in [0.1, 0.15) is 22.4 Å². The lowest BCUT2D eigenvalue weighted by molar-refractivity contribution is -0.0545. The van der Waals surface area contributed by atoms with Gasteiger partial charge < -0.3 is 30.7 Å². The molecule has 0 bridgehead atoms. The lowest BCUT2D eigenvalue weighted by Crippen LogP contribution is -2.48. The Hall–Kier alpha value is -3.22. The molecule has 0 spiro atoms. The maximum atomic E-state index is 11.4. The fourth-order valence-corrected chi connectivity index (χ4v) is 6.05. The molecule has 4 atom stereocenters. The summed E-state index contributed by atoms with van der Waals surface area (Å²) in [5, 5.41) is 39.0. The first-order valence-electron chi connectivity index (χ1n) is 12.5. The molecule has 10 nitrogen and oxygen atoms in total. The van der Waals surface area contributed by atoms with Gasteiger partial charge >= 0.3 is 0 Å². The number of methoxy groups -OCH3 is 1. The summed E-state index contributed by atoms with van der Waals surface area (Å²) in [6.07, 6.45) is 1.31. The van der Waals surface area contributed by atoms with Crippen LogP contribution in [0.25, 0.3) is 20.8 Å². The van der Waals surface area contributed by atoms with E-state index in [2.05, 4.69) is 15.6 Å². The zero-order valence-corrected chi connectivity index (χ0v) is 22.4. The first kappa shape index (κ1) is 26.4. The molecule has 0 aliphatic heterocycles. The first-order chi connectivity index (χ1) is 18.3. The minimum atomic E-state index is -1.67. The maximum absolute atomic E-state index is 11.4. The van der Waals surface area contributed by atoms with Crippen LogP contribution >= 0.6 is 11.3 Å². The molecule has 4 unspecified atom stereocenters. The second-order valence-electron chi connectivity index (χ2n) is 9.66. The van der Waals surface area contributed by atoms with E-state index in [1.165, 1.54) is 11.3 Å². The van der Waals surface area contributed by atoms with Crippen molar-refractivity contribution in [2.75, 3.05) is 31.0 Å². The van der Waals surface area contributed by atoms with E-state index >= 15 is 0 Å². The van der Waals surface area contributed by atoms with Crippen LogP contribution in [0.2, 0.25) is 0 Å². The smallest absolute Gasteiger partial charge is 0.225 e. The molecule has 1 aromatic carbocycles. The van der Waals surface area contributed by atoms with E-state index in [9.17, 15) is 15.3 Å². The number of ether oxygens (including phenoxy) is 1. The number of rotatable bonds is 9. The van der Waals surface area contributed by atoms with Crippen molar-refractivity contribution in [3.63, 3.8) is 0 Å². The zero-order chi connectivity index (χ0) is 26.9. The summed E-state index contributed by atoms with van der Waals surface area (Å²) in [6.45, 7) is 3.95. The van der Waals surface area contributed by atoms with Gasteiger partial charge in [0.2, 0.25) is 5.95 Å². The fourth-order valence-electron chi connectivity index (χ4n) is 4.94. The van der Waals surface area contributed by atoms with Gasteiger partial charge in [-0.25, -0.2) is 9.97 Å². The number of fused-ring (bicyclic) bond motifs is 1. The van der Waals surface area contributed by atoms with Gasteiger partial charge in [-0.2, -0.15) is 4.98 Å². The van der Waals surface area contributed by atoms with Gasteiger partial charge in [0.15, 0.2) is 5.72 Å². The second kappa shape index (κ2) is 10.9. The Kier molecular flexibility index (Phi) is 7.55. The molecule has 0 saturated heterocycles. The molecule has 0 radical (unpaired) electrons. The Morgan fingerprint density at radius 2 is 1.92 bits per heavy atom. The minimum Gasteiger partial charge on any atom is -0.396 e. The summed E-state index contributed by atoms with van der Waals surface area (Å²) < 4.78 is 6.42. The van der Waals surface area contributed by atoms with Gasteiger partial charge in [-0.05, 0) is 38.3 Å². The molecule has 11 heteroatoms. The number of anilines is 2. The number of hydrogen-bond acceptors (Lipinski definition) is 11. The van der Waals surface area contributed by atoms with E-state index < -0.39 is 17.7 Å². The summed E-state index contributed by atoms with van der Waals surface area (Å²) in [4.78, 5) is 18.7. The van der Waals surface area contributed by atoms with Crippen molar-refractivity contribution < 1.29 is 20.1 Å². The lowest BCUT2D eigenvalue weighted by atomic mass is 10.0. The highest BCUT2D eigenvalue weighted by Crippen LogP contribution is 2.41. The van der Waals surface area contributed by atoms with Gasteiger partial charge in [-0.3, -0.25) is 4.98 Å². The highest BCUT2D eigenvalue weighted by molar-refractivity contribution is 7.21. The van der Waals surface area contributed by atoms with Crippen LogP contribution in [-0.2, 0) is 4.74 Å². The molecule has 38 heavy (non-hydrogen) atoms. The van der Waals surface area contributed by atoms with E-state index in [4.69, 9.17) is 19.7 Å². The van der Waals surface area contributed by atoms with Crippen molar-refractivity contribution in [3.8, 4) is 10.6 Å². The highest BCUT2D eigenvalue weighted by Gasteiger charge is 2.47. The largest absolute Gasteiger partial charge is 0.396 e. The quantitative estimate of drug-likeness (QED) is 0.202. The van der Waals surface area contributed by atoms with Crippen LogP contribution in [-0.4, -0.2) is 67.4 Å². The van der Waals surface area contributed by atoms with Crippen LogP contribution in [0.4, 0.5) is 11.8 Å². The average Bonchev–Trinajstić information content (AvgIpc) is 3.45. The van der Waals surface area contributed by atoms with Crippen LogP contribution in [0.3, 0.4) is 0 Å². The van der Waals surface area contributed by atoms with E-state index in [1.54, 1.807) is 13.3 Å². The van der Waals surface area contributed by atoms with Gasteiger partial charge in [-0.15, -0.1) is 11.3 Å². The highest BCUT2D eigenvalue weighted by atomic mass is 32.1. The Bertz CT molecular complexity index is 1420. The summed E-state index contributed by atoms with van der Waals surface area (Å²) in [5.74, 6) is 0.249. The molecule has 0 amide bonds. The van der Waals surface area contributed by atoms with Crippen LogP contribution in [0.15, 0.2) is 42.6 Å². The number of hydrogen-bond donors (Lipinski definition) is 5. The van der Waals surface area contributed by atoms with Crippen molar-refractivity contribution in [2.24, 2.45) is 5.92 Å². The number of aromatic nitrogens is 4. The third-order valence-corrected chi connectivity index (χ3v) is 8.07. The normalized spacial score (nSPS) is 22.1. The summed E-state index contributed by atoms with van der Waals surface area (Å²) in [6, 6.07) is 11.6. The number of nitrogens with zero attached hydrogens (tertiary/aromatic N) is 4. The molecule has 5 rings (SSSR count). The Labute approximate surface area is 224 Å². The molecule has 5 N–H and O–H groups in total. The topological polar surface area (TPSA) is 146 Å². The SMILES string of the molecule is COCC(Nc1nc(C)c(-c2nc3c(C)nccc3s2)c(NC2(O)CCC(CO)C2O)n1)c1ccccc1. The number of pyridine rings is 1. The van der Waals surface area contributed by atoms with Gasteiger partial charge in [0.25, 0.3) is 0 Å². The lowest BCUT2D eigenvalue weighted by Gasteiger charge is -2.31. The third-order valence-electron chi connectivity index (χ3n) is 7.03. The summed E-state index contributed by atoms with van der Waals surface area (Å²) >= 11 is 1.48. The predicted octanol–water partition coefficient (Wildman–Crippen LogP) is 3.43. The molecular formula is C27H32N6O4S. The zero-order valence-electron chi connectivity index (χ0n) is 21.5. The van der Waals surface area contributed by atoms with Crippen molar-refractivity contribution in [3.05, 3.63) is 59.5 Å². The predicted molar refractivity (Wildman–Crippen MR) is 147 cm³/mol. The monoisotopic (exact) mass is 536 g/mol. The second-order valence-corrected chi connectivity index (χ2v) is 10.7. The van der Waals surface area contributed by atoms with Crippen LogP contribution in [0, 0.1) is 19.8 Å². The maximum Gasteiger partial charge on any atom is 0.225 e.